The average molecular weight is 455 g/mol. The molecule has 0 amide bonds. The molecule has 1 N–H and O–H groups in total. The summed E-state index contributed by atoms with van der Waals surface area (Å²) in [6, 6.07) is 24.6. The highest BCUT2D eigenvalue weighted by Gasteiger charge is 2.42. The fourth-order valence-electron chi connectivity index (χ4n) is 4.44. The Labute approximate surface area is 199 Å². The minimum atomic E-state index is -0.106. The second-order valence-electron chi connectivity index (χ2n) is 8.27. The van der Waals surface area contributed by atoms with E-state index < -0.39 is 0 Å². The number of nitrogens with one attached hydrogen (secondary N) is 1. The van der Waals surface area contributed by atoms with Crippen molar-refractivity contribution in [3.8, 4) is 11.4 Å². The third kappa shape index (κ3) is 3.87. The summed E-state index contributed by atoms with van der Waals surface area (Å²) in [6.45, 7) is 4.28. The topological polar surface area (TPSA) is 42.3 Å². The quantitative estimate of drug-likeness (QED) is 0.393. The van der Waals surface area contributed by atoms with Gasteiger partial charge >= 0.3 is 0 Å². The minimum absolute atomic E-state index is 0.101. The molecule has 0 radical (unpaired) electrons. The molecule has 0 unspecified atom stereocenters. The van der Waals surface area contributed by atoms with Gasteiger partial charge in [0.05, 0.1) is 18.8 Å². The van der Waals surface area contributed by atoms with Crippen LogP contribution in [0.5, 0.6) is 5.75 Å². The first-order valence-electron chi connectivity index (χ1n) is 11.0. The zero-order valence-corrected chi connectivity index (χ0v) is 19.7. The number of pyridine rings is 1. The molecule has 1 aliphatic rings. The van der Waals surface area contributed by atoms with Gasteiger partial charge in [0, 0.05) is 35.5 Å². The molecule has 0 spiro atoms. The van der Waals surface area contributed by atoms with Gasteiger partial charge in [-0.05, 0) is 85.7 Å². The summed E-state index contributed by atoms with van der Waals surface area (Å²) < 4.78 is 7.74. The molecule has 0 aliphatic carbocycles. The number of hydrogen-bond donors (Lipinski definition) is 1. The van der Waals surface area contributed by atoms with E-state index in [0.29, 0.717) is 5.11 Å². The lowest BCUT2D eigenvalue weighted by atomic mass is 10.0. The van der Waals surface area contributed by atoms with Crippen LogP contribution >= 0.6 is 12.2 Å². The second-order valence-corrected chi connectivity index (χ2v) is 8.66. The summed E-state index contributed by atoms with van der Waals surface area (Å²) in [5.41, 5.74) is 6.72. The molecule has 0 bridgehead atoms. The number of aromatic nitrogens is 2. The van der Waals surface area contributed by atoms with Crippen molar-refractivity contribution in [2.75, 3.05) is 12.0 Å². The summed E-state index contributed by atoms with van der Waals surface area (Å²) in [7, 11) is 1.68. The van der Waals surface area contributed by atoms with Crippen LogP contribution in [0.1, 0.15) is 34.6 Å². The molecule has 1 fully saturated rings. The van der Waals surface area contributed by atoms with Crippen LogP contribution in [0.3, 0.4) is 0 Å². The molecule has 2 aromatic carbocycles. The van der Waals surface area contributed by atoms with Crippen molar-refractivity contribution in [2.24, 2.45) is 0 Å². The summed E-state index contributed by atoms with van der Waals surface area (Å²) in [4.78, 5) is 6.83. The van der Waals surface area contributed by atoms with Crippen molar-refractivity contribution in [1.82, 2.24) is 14.9 Å². The van der Waals surface area contributed by atoms with Crippen LogP contribution in [-0.4, -0.2) is 21.8 Å². The number of aryl methyl sites for hydroxylation is 2. The first-order valence-corrected chi connectivity index (χ1v) is 11.4. The van der Waals surface area contributed by atoms with Gasteiger partial charge in [-0.15, -0.1) is 0 Å². The third-order valence-corrected chi connectivity index (χ3v) is 6.60. The Bertz CT molecular complexity index is 1300. The molecule has 33 heavy (non-hydrogen) atoms. The van der Waals surface area contributed by atoms with Gasteiger partial charge in [0.15, 0.2) is 5.11 Å². The van der Waals surface area contributed by atoms with Crippen molar-refractivity contribution >= 4 is 23.0 Å². The number of nitrogens with zero attached hydrogens (tertiary/aromatic N) is 3. The van der Waals surface area contributed by atoms with Gasteiger partial charge in [-0.1, -0.05) is 18.2 Å². The van der Waals surface area contributed by atoms with Crippen molar-refractivity contribution < 1.29 is 4.74 Å². The summed E-state index contributed by atoms with van der Waals surface area (Å²) >= 11 is 5.86. The number of hydrogen-bond acceptors (Lipinski definition) is 3. The molecule has 3 heterocycles. The van der Waals surface area contributed by atoms with Gasteiger partial charge in [-0.25, -0.2) is 0 Å². The van der Waals surface area contributed by atoms with Crippen molar-refractivity contribution in [2.45, 2.75) is 25.9 Å². The number of rotatable bonds is 5. The molecule has 1 aliphatic heterocycles. The summed E-state index contributed by atoms with van der Waals surface area (Å²) in [5, 5.41) is 4.20. The smallest absolute Gasteiger partial charge is 0.174 e. The Morgan fingerprint density at radius 1 is 0.909 bits per heavy atom. The molecule has 5 nitrogen and oxygen atoms in total. The van der Waals surface area contributed by atoms with Gasteiger partial charge in [0.25, 0.3) is 0 Å². The van der Waals surface area contributed by atoms with E-state index in [1.54, 1.807) is 7.11 Å². The SMILES string of the molecule is COc1cccc(N2C(=S)N[C@@H](c3ccccn3)[C@H]2c2cccn2-c2ccc(C)c(C)c2)c1. The number of ether oxygens (including phenoxy) is 1. The predicted octanol–water partition coefficient (Wildman–Crippen LogP) is 5.67. The van der Waals surface area contributed by atoms with Crippen LogP contribution in [0.2, 0.25) is 0 Å². The molecule has 4 aromatic rings. The maximum atomic E-state index is 5.86. The Morgan fingerprint density at radius 3 is 2.55 bits per heavy atom. The fourth-order valence-corrected chi connectivity index (χ4v) is 4.79. The Hall–Kier alpha value is -3.64. The fraction of sp³-hybridized carbons (Fsp3) is 0.185. The van der Waals surface area contributed by atoms with E-state index in [-0.39, 0.29) is 12.1 Å². The summed E-state index contributed by atoms with van der Waals surface area (Å²) in [6.07, 6.45) is 3.94. The lowest BCUT2D eigenvalue weighted by molar-refractivity contribution is 0.414. The first-order chi connectivity index (χ1) is 16.1. The lowest BCUT2D eigenvalue weighted by Crippen LogP contribution is -2.30. The van der Waals surface area contributed by atoms with E-state index in [2.05, 4.69) is 76.2 Å². The van der Waals surface area contributed by atoms with Crippen LogP contribution in [0.15, 0.2) is 85.2 Å². The zero-order valence-electron chi connectivity index (χ0n) is 18.9. The predicted molar refractivity (Wildman–Crippen MR) is 136 cm³/mol. The van der Waals surface area contributed by atoms with Gasteiger partial charge in [0.2, 0.25) is 0 Å². The van der Waals surface area contributed by atoms with E-state index in [0.717, 1.165) is 28.5 Å². The Balaban J connectivity index is 1.67. The maximum absolute atomic E-state index is 5.86. The highest BCUT2D eigenvalue weighted by molar-refractivity contribution is 7.80. The Morgan fingerprint density at radius 2 is 1.79 bits per heavy atom. The van der Waals surface area contributed by atoms with Gasteiger partial charge < -0.3 is 19.5 Å². The molecular formula is C27H26N4OS. The van der Waals surface area contributed by atoms with Crippen LogP contribution in [0, 0.1) is 13.8 Å². The molecule has 6 heteroatoms. The van der Waals surface area contributed by atoms with Crippen LogP contribution in [0.4, 0.5) is 5.69 Å². The Kier molecular flexibility index (Phi) is 5.60. The van der Waals surface area contributed by atoms with Crippen LogP contribution in [0.25, 0.3) is 5.69 Å². The van der Waals surface area contributed by atoms with Crippen molar-refractivity contribution in [3.05, 3.63) is 108 Å². The summed E-state index contributed by atoms with van der Waals surface area (Å²) in [5.74, 6) is 0.792. The highest BCUT2D eigenvalue weighted by Crippen LogP contribution is 2.42. The molecule has 5 rings (SSSR count). The van der Waals surface area contributed by atoms with E-state index in [1.165, 1.54) is 11.1 Å². The average Bonchev–Trinajstić information content (AvgIpc) is 3.45. The molecule has 1 saturated heterocycles. The minimum Gasteiger partial charge on any atom is -0.497 e. The van der Waals surface area contributed by atoms with Crippen molar-refractivity contribution in [3.63, 3.8) is 0 Å². The number of thiocarbonyl (C=S) groups is 1. The molecular weight excluding hydrogens is 428 g/mol. The largest absolute Gasteiger partial charge is 0.497 e. The highest BCUT2D eigenvalue weighted by atomic mass is 32.1. The van der Waals surface area contributed by atoms with Gasteiger partial charge in [-0.2, -0.15) is 0 Å². The van der Waals surface area contributed by atoms with Crippen LogP contribution in [-0.2, 0) is 0 Å². The molecule has 2 atom stereocenters. The van der Waals surface area contributed by atoms with Gasteiger partial charge in [-0.3, -0.25) is 4.98 Å². The van der Waals surface area contributed by atoms with Crippen molar-refractivity contribution in [1.29, 1.82) is 0 Å². The number of benzene rings is 2. The van der Waals surface area contributed by atoms with E-state index in [1.807, 2.05) is 42.6 Å². The van der Waals surface area contributed by atoms with Gasteiger partial charge in [0.1, 0.15) is 11.8 Å². The molecule has 166 valence electrons. The maximum Gasteiger partial charge on any atom is 0.174 e. The number of methoxy groups -OCH3 is 1. The zero-order chi connectivity index (χ0) is 22.9. The second kappa shape index (κ2) is 8.71. The van der Waals surface area contributed by atoms with E-state index >= 15 is 0 Å². The monoisotopic (exact) mass is 454 g/mol. The van der Waals surface area contributed by atoms with E-state index in [4.69, 9.17) is 17.0 Å². The lowest BCUT2D eigenvalue weighted by Gasteiger charge is -2.29. The molecule has 0 saturated carbocycles. The first kappa shape index (κ1) is 21.2. The standard InChI is InChI=1S/C27H26N4OS/c1-18-12-13-20(16-19(18)2)30-15-7-11-24(30)26-25(23-10-4-5-14-28-23)29-27(33)31(26)21-8-6-9-22(17-21)32-3/h4-17,25-26H,1-3H3,(H,29,33)/t25-,26+/m0/s1. The molecule has 2 aromatic heterocycles. The van der Waals surface area contributed by atoms with Crippen LogP contribution < -0.4 is 15.0 Å². The normalized spacial score (nSPS) is 17.8. The number of anilines is 1. The van der Waals surface area contributed by atoms with E-state index in [9.17, 15) is 0 Å². The third-order valence-electron chi connectivity index (χ3n) is 6.28.